The molecule has 4 heteroatoms. The molecule has 0 saturated carbocycles. The molecule has 1 unspecified atom stereocenters. The molecular weight excluding hydrogens is 174 g/mol. The summed E-state index contributed by atoms with van der Waals surface area (Å²) < 4.78 is 22.0. The van der Waals surface area contributed by atoms with E-state index in [9.17, 15) is 8.42 Å². The molecule has 0 amide bonds. The predicted molar refractivity (Wildman–Crippen MR) is 47.1 cm³/mol. The molecule has 0 bridgehead atoms. The van der Waals surface area contributed by atoms with E-state index in [0.717, 1.165) is 6.26 Å². The maximum absolute atomic E-state index is 11.0. The molecule has 0 spiro atoms. The standard InChI is InChI=1S/C8H10NO2S/c1-12(10,11)8(9)7-5-3-2-4-6-7/h2-3,5-6,8H,9H2,1H3. The van der Waals surface area contributed by atoms with E-state index in [1.807, 2.05) is 0 Å². The zero-order chi connectivity index (χ0) is 9.19. The van der Waals surface area contributed by atoms with Crippen LogP contribution in [0.4, 0.5) is 0 Å². The Morgan fingerprint density at radius 1 is 1.58 bits per heavy atom. The fourth-order valence-corrected chi connectivity index (χ4v) is 1.47. The molecule has 0 aliphatic rings. The van der Waals surface area contributed by atoms with Crippen molar-refractivity contribution in [3.8, 4) is 0 Å². The molecular formula is C8H10NO2S. The highest BCUT2D eigenvalue weighted by molar-refractivity contribution is 7.90. The van der Waals surface area contributed by atoms with Gasteiger partial charge in [-0.3, -0.25) is 0 Å². The van der Waals surface area contributed by atoms with Crippen LogP contribution < -0.4 is 5.73 Å². The van der Waals surface area contributed by atoms with Crippen molar-refractivity contribution in [2.45, 2.75) is 5.37 Å². The molecule has 0 heterocycles. The average Bonchev–Trinajstić information content (AvgIpc) is 2.03. The molecule has 12 heavy (non-hydrogen) atoms. The first-order valence-electron chi connectivity index (χ1n) is 3.42. The van der Waals surface area contributed by atoms with Gasteiger partial charge in [0.05, 0.1) is 0 Å². The van der Waals surface area contributed by atoms with Gasteiger partial charge in [0.2, 0.25) is 0 Å². The lowest BCUT2D eigenvalue weighted by atomic mass is 10.2. The van der Waals surface area contributed by atoms with Gasteiger partial charge in [-0.05, 0) is 17.7 Å². The van der Waals surface area contributed by atoms with Gasteiger partial charge in [0.1, 0.15) is 5.37 Å². The van der Waals surface area contributed by atoms with E-state index >= 15 is 0 Å². The highest BCUT2D eigenvalue weighted by atomic mass is 32.2. The SMILES string of the molecule is CS(=O)(=O)C(N)c1c[c]ccc1. The van der Waals surface area contributed by atoms with Gasteiger partial charge in [0.25, 0.3) is 0 Å². The molecule has 0 fully saturated rings. The summed E-state index contributed by atoms with van der Waals surface area (Å²) in [4.78, 5) is 0. The summed E-state index contributed by atoms with van der Waals surface area (Å²) in [6.07, 6.45) is 1.12. The number of hydrogen-bond acceptors (Lipinski definition) is 3. The minimum absolute atomic E-state index is 0.569. The smallest absolute Gasteiger partial charge is 0.167 e. The molecule has 2 N–H and O–H groups in total. The zero-order valence-corrected chi connectivity index (χ0v) is 7.51. The van der Waals surface area contributed by atoms with Gasteiger partial charge in [-0.25, -0.2) is 8.42 Å². The van der Waals surface area contributed by atoms with E-state index < -0.39 is 15.2 Å². The fraction of sp³-hybridized carbons (Fsp3) is 0.250. The van der Waals surface area contributed by atoms with Crippen molar-refractivity contribution in [3.05, 3.63) is 35.9 Å². The lowest BCUT2D eigenvalue weighted by molar-refractivity contribution is 0.590. The van der Waals surface area contributed by atoms with Gasteiger partial charge in [0, 0.05) is 6.26 Å². The molecule has 1 radical (unpaired) electrons. The van der Waals surface area contributed by atoms with Gasteiger partial charge in [0.15, 0.2) is 9.84 Å². The van der Waals surface area contributed by atoms with Crippen molar-refractivity contribution in [2.24, 2.45) is 5.73 Å². The van der Waals surface area contributed by atoms with Crippen LogP contribution in [0.5, 0.6) is 0 Å². The number of sulfone groups is 1. The van der Waals surface area contributed by atoms with Crippen molar-refractivity contribution in [1.82, 2.24) is 0 Å². The van der Waals surface area contributed by atoms with Gasteiger partial charge >= 0.3 is 0 Å². The first-order chi connectivity index (χ1) is 5.52. The third-order valence-electron chi connectivity index (χ3n) is 1.52. The van der Waals surface area contributed by atoms with Gasteiger partial charge in [-0.15, -0.1) is 0 Å². The van der Waals surface area contributed by atoms with Crippen LogP contribution >= 0.6 is 0 Å². The summed E-state index contributed by atoms with van der Waals surface area (Å²) in [6, 6.07) is 9.42. The molecule has 0 saturated heterocycles. The molecule has 1 aromatic carbocycles. The fourth-order valence-electron chi connectivity index (χ4n) is 0.831. The summed E-state index contributed by atoms with van der Waals surface area (Å²) in [5.41, 5.74) is 6.03. The Morgan fingerprint density at radius 2 is 2.25 bits per heavy atom. The van der Waals surface area contributed by atoms with Crippen molar-refractivity contribution < 1.29 is 8.42 Å². The third-order valence-corrected chi connectivity index (χ3v) is 2.72. The van der Waals surface area contributed by atoms with Crippen LogP contribution in [0, 0.1) is 6.07 Å². The van der Waals surface area contributed by atoms with Crippen LogP contribution in [-0.4, -0.2) is 14.7 Å². The van der Waals surface area contributed by atoms with E-state index in [2.05, 4.69) is 6.07 Å². The number of rotatable bonds is 2. The van der Waals surface area contributed by atoms with Crippen LogP contribution in [-0.2, 0) is 9.84 Å². The molecule has 1 aromatic rings. The third kappa shape index (κ3) is 2.06. The molecule has 1 rings (SSSR count). The van der Waals surface area contributed by atoms with Crippen LogP contribution in [0.15, 0.2) is 24.3 Å². The van der Waals surface area contributed by atoms with Crippen molar-refractivity contribution in [3.63, 3.8) is 0 Å². The highest BCUT2D eigenvalue weighted by Crippen LogP contribution is 2.13. The maximum Gasteiger partial charge on any atom is 0.167 e. The van der Waals surface area contributed by atoms with Crippen LogP contribution in [0.1, 0.15) is 10.9 Å². The Morgan fingerprint density at radius 3 is 2.67 bits per heavy atom. The van der Waals surface area contributed by atoms with Crippen molar-refractivity contribution >= 4 is 9.84 Å². The molecule has 3 nitrogen and oxygen atoms in total. The summed E-state index contributed by atoms with van der Waals surface area (Å²) in [5, 5.41) is -0.935. The summed E-state index contributed by atoms with van der Waals surface area (Å²) >= 11 is 0. The Balaban J connectivity index is 3.02. The predicted octanol–water partition coefficient (Wildman–Crippen LogP) is 0.489. The Hall–Kier alpha value is -0.870. The summed E-state index contributed by atoms with van der Waals surface area (Å²) in [6.45, 7) is 0. The minimum Gasteiger partial charge on any atom is -0.311 e. The molecule has 0 aliphatic carbocycles. The Labute approximate surface area is 72.1 Å². The second kappa shape index (κ2) is 3.25. The maximum atomic E-state index is 11.0. The van der Waals surface area contributed by atoms with E-state index in [1.165, 1.54) is 0 Å². The average molecular weight is 184 g/mol. The van der Waals surface area contributed by atoms with Crippen LogP contribution in [0.3, 0.4) is 0 Å². The number of nitrogens with two attached hydrogens (primary N) is 1. The summed E-state index contributed by atoms with van der Waals surface area (Å²) in [5.74, 6) is 0. The topological polar surface area (TPSA) is 60.2 Å². The van der Waals surface area contributed by atoms with Crippen LogP contribution in [0.2, 0.25) is 0 Å². The minimum atomic E-state index is -3.20. The van der Waals surface area contributed by atoms with Gasteiger partial charge < -0.3 is 5.73 Å². The Kier molecular flexibility index (Phi) is 2.49. The largest absolute Gasteiger partial charge is 0.311 e. The first kappa shape index (κ1) is 9.22. The normalized spacial score (nSPS) is 14.2. The molecule has 1 atom stereocenters. The molecule has 65 valence electrons. The van der Waals surface area contributed by atoms with E-state index in [4.69, 9.17) is 5.73 Å². The van der Waals surface area contributed by atoms with E-state index in [1.54, 1.807) is 24.3 Å². The number of hydrogen-bond donors (Lipinski definition) is 1. The van der Waals surface area contributed by atoms with E-state index in [-0.39, 0.29) is 0 Å². The van der Waals surface area contributed by atoms with E-state index in [0.29, 0.717) is 5.56 Å². The lowest BCUT2D eigenvalue weighted by Crippen LogP contribution is -2.20. The highest BCUT2D eigenvalue weighted by Gasteiger charge is 2.16. The second-order valence-electron chi connectivity index (χ2n) is 2.59. The molecule has 0 aliphatic heterocycles. The van der Waals surface area contributed by atoms with Gasteiger partial charge in [-0.2, -0.15) is 0 Å². The van der Waals surface area contributed by atoms with Gasteiger partial charge in [-0.1, -0.05) is 18.2 Å². The lowest BCUT2D eigenvalue weighted by Gasteiger charge is -2.08. The monoisotopic (exact) mass is 184 g/mol. The van der Waals surface area contributed by atoms with Crippen molar-refractivity contribution in [2.75, 3.05) is 6.26 Å². The Bertz CT molecular complexity index is 345. The zero-order valence-electron chi connectivity index (χ0n) is 6.69. The van der Waals surface area contributed by atoms with Crippen molar-refractivity contribution in [1.29, 1.82) is 0 Å². The molecule has 0 aromatic heterocycles. The summed E-state index contributed by atoms with van der Waals surface area (Å²) in [7, 11) is -3.20. The second-order valence-corrected chi connectivity index (χ2v) is 4.75. The quantitative estimate of drug-likeness (QED) is 0.727. The van der Waals surface area contributed by atoms with Crippen LogP contribution in [0.25, 0.3) is 0 Å². The first-order valence-corrected chi connectivity index (χ1v) is 5.38. The number of benzene rings is 1.